The highest BCUT2D eigenvalue weighted by Gasteiger charge is 2.29. The minimum Gasteiger partial charge on any atom is -0.382 e. The summed E-state index contributed by atoms with van der Waals surface area (Å²) in [5, 5.41) is 10.1. The fourth-order valence-corrected chi connectivity index (χ4v) is 5.14. The molecular weight excluding hydrogens is 492 g/mol. The average molecular weight is 523 g/mol. The maximum Gasteiger partial charge on any atom is 0.298 e. The van der Waals surface area contributed by atoms with Gasteiger partial charge in [0.15, 0.2) is 5.82 Å². The lowest BCUT2D eigenvalue weighted by molar-refractivity contribution is -0.124. The fraction of sp³-hybridized carbons (Fsp3) is 0.267. The lowest BCUT2D eigenvalue weighted by Gasteiger charge is -2.15. The Kier molecular flexibility index (Phi) is 6.94. The van der Waals surface area contributed by atoms with Crippen LogP contribution in [0.1, 0.15) is 46.4 Å². The van der Waals surface area contributed by atoms with E-state index in [4.69, 9.17) is 5.73 Å². The molecule has 3 heterocycles. The van der Waals surface area contributed by atoms with Crippen LogP contribution >= 0.6 is 0 Å². The van der Waals surface area contributed by atoms with Crippen LogP contribution in [0.5, 0.6) is 0 Å². The molecule has 1 unspecified atom stereocenters. The van der Waals surface area contributed by atoms with E-state index in [1.54, 1.807) is 11.8 Å². The molecule has 2 aromatic carbocycles. The molecule has 1 fully saturated rings. The zero-order chi connectivity index (χ0) is 27.7. The second kappa shape index (κ2) is 10.5. The number of likely N-dealkylation sites (tertiary alicyclic amines) is 1. The second-order valence-electron chi connectivity index (χ2n) is 9.88. The normalized spacial score (nSPS) is 14.7. The molecule has 9 nitrogen and oxygen atoms in total. The molecule has 4 aromatic rings. The van der Waals surface area contributed by atoms with Gasteiger partial charge in [-0.05, 0) is 55.9 Å². The number of rotatable bonds is 5. The molecule has 0 radical (unpaired) electrons. The first kappa shape index (κ1) is 25.8. The van der Waals surface area contributed by atoms with E-state index >= 15 is 0 Å². The topological polar surface area (TPSA) is 126 Å². The van der Waals surface area contributed by atoms with Crippen LogP contribution in [-0.2, 0) is 11.3 Å². The Morgan fingerprint density at radius 1 is 1.18 bits per heavy atom. The Bertz CT molecular complexity index is 1710. The Morgan fingerprint density at radius 2 is 1.95 bits per heavy atom. The van der Waals surface area contributed by atoms with Crippen LogP contribution in [0, 0.1) is 25.7 Å². The third kappa shape index (κ3) is 5.01. The van der Waals surface area contributed by atoms with Gasteiger partial charge in [-0.2, -0.15) is 5.10 Å². The first-order valence-electron chi connectivity index (χ1n) is 12.8. The summed E-state index contributed by atoms with van der Waals surface area (Å²) in [6.45, 7) is 6.92. The third-order valence-corrected chi connectivity index (χ3v) is 7.21. The number of nitrogens with zero attached hydrogens (tertiary/aromatic N) is 3. The number of hydrogen-bond donors (Lipinski definition) is 3. The Balaban J connectivity index is 1.41. The predicted octanol–water partition coefficient (Wildman–Crippen LogP) is 3.32. The van der Waals surface area contributed by atoms with Crippen LogP contribution in [0.15, 0.2) is 53.5 Å². The monoisotopic (exact) mass is 522 g/mol. The number of carbonyl (C=O) groups excluding carboxylic acids is 2. The van der Waals surface area contributed by atoms with Gasteiger partial charge in [-0.15, -0.1) is 0 Å². The molecule has 5 rings (SSSR count). The summed E-state index contributed by atoms with van der Waals surface area (Å²) < 4.78 is 1.91. The van der Waals surface area contributed by atoms with Crippen LogP contribution in [0.3, 0.4) is 0 Å². The highest BCUT2D eigenvalue weighted by Crippen LogP contribution is 2.35. The van der Waals surface area contributed by atoms with Gasteiger partial charge in [-0.25, -0.2) is 5.10 Å². The number of fused-ring (bicyclic) bond motifs is 1. The zero-order valence-corrected chi connectivity index (χ0v) is 22.2. The maximum absolute atomic E-state index is 12.9. The number of aromatic amines is 1. The fourth-order valence-electron chi connectivity index (χ4n) is 5.14. The van der Waals surface area contributed by atoms with Crippen molar-refractivity contribution in [1.29, 1.82) is 0 Å². The predicted molar refractivity (Wildman–Crippen MR) is 151 cm³/mol. The Morgan fingerprint density at radius 3 is 2.69 bits per heavy atom. The van der Waals surface area contributed by atoms with Gasteiger partial charge in [0.1, 0.15) is 5.52 Å². The van der Waals surface area contributed by atoms with E-state index in [-0.39, 0.29) is 29.2 Å². The first-order chi connectivity index (χ1) is 18.8. The number of aryl methyl sites for hydroxylation is 2. The van der Waals surface area contributed by atoms with Crippen molar-refractivity contribution in [2.45, 2.75) is 39.8 Å². The number of nitrogen functional groups attached to an aromatic ring is 1. The van der Waals surface area contributed by atoms with E-state index in [0.29, 0.717) is 42.5 Å². The summed E-state index contributed by atoms with van der Waals surface area (Å²) in [5.74, 6) is 5.14. The van der Waals surface area contributed by atoms with E-state index in [9.17, 15) is 14.4 Å². The molecule has 1 saturated heterocycles. The lowest BCUT2D eigenvalue weighted by atomic mass is 10.0. The van der Waals surface area contributed by atoms with Crippen molar-refractivity contribution in [3.63, 3.8) is 0 Å². The zero-order valence-electron chi connectivity index (χ0n) is 22.2. The number of anilines is 1. The molecule has 198 valence electrons. The number of nitrogens with one attached hydrogen (secondary N) is 2. The molecule has 0 bridgehead atoms. The van der Waals surface area contributed by atoms with Gasteiger partial charge < -0.3 is 20.5 Å². The molecule has 1 aliphatic heterocycles. The van der Waals surface area contributed by atoms with Crippen LogP contribution in [0.4, 0.5) is 5.82 Å². The summed E-state index contributed by atoms with van der Waals surface area (Å²) in [4.78, 5) is 39.6. The summed E-state index contributed by atoms with van der Waals surface area (Å²) in [7, 11) is 0. The maximum atomic E-state index is 12.9. The quantitative estimate of drug-likeness (QED) is 0.347. The molecular formula is C30H30N6O3. The number of benzene rings is 2. The molecule has 1 atom stereocenters. The largest absolute Gasteiger partial charge is 0.382 e. The second-order valence-corrected chi connectivity index (χ2v) is 9.88. The van der Waals surface area contributed by atoms with Gasteiger partial charge in [0.05, 0.1) is 11.4 Å². The van der Waals surface area contributed by atoms with E-state index in [2.05, 4.69) is 27.4 Å². The van der Waals surface area contributed by atoms with Gasteiger partial charge in [0.2, 0.25) is 0 Å². The van der Waals surface area contributed by atoms with Crippen molar-refractivity contribution in [2.75, 3.05) is 18.8 Å². The SMILES string of the molecule is CC#CC(=O)N1CCC(n2cc(-c3ccc(CNC(=O)c4cc(C)ccc4C)cc3)c3c(N)n[nH]c(=O)c32)C1. The molecule has 0 spiro atoms. The summed E-state index contributed by atoms with van der Waals surface area (Å²) >= 11 is 0. The van der Waals surface area contributed by atoms with Crippen LogP contribution in [0.2, 0.25) is 0 Å². The highest BCUT2D eigenvalue weighted by atomic mass is 16.2. The van der Waals surface area contributed by atoms with Gasteiger partial charge in [-0.1, -0.05) is 47.9 Å². The Hall–Kier alpha value is -4.84. The molecule has 9 heteroatoms. The minimum absolute atomic E-state index is 0.0914. The first-order valence-corrected chi connectivity index (χ1v) is 12.8. The van der Waals surface area contributed by atoms with Gasteiger partial charge in [-0.3, -0.25) is 14.4 Å². The standard InChI is InChI=1S/C30H30N6O3/c1-4-5-25(37)35-13-12-22(16-35)36-17-24(26-27(36)30(39)34-33-28(26)31)21-10-8-20(9-11-21)15-32-29(38)23-14-18(2)6-7-19(23)3/h6-11,14,17,22H,12-13,15-16H2,1-3H3,(H2,31,33)(H,32,38)(H,34,39). The van der Waals surface area contributed by atoms with Crippen molar-refractivity contribution in [1.82, 2.24) is 25.0 Å². The molecule has 2 aromatic heterocycles. The summed E-state index contributed by atoms with van der Waals surface area (Å²) in [6.07, 6.45) is 2.61. The van der Waals surface area contributed by atoms with Crippen molar-refractivity contribution < 1.29 is 9.59 Å². The summed E-state index contributed by atoms with van der Waals surface area (Å²) in [6, 6.07) is 13.5. The number of amides is 2. The van der Waals surface area contributed by atoms with Crippen molar-refractivity contribution in [3.8, 4) is 23.0 Å². The molecule has 0 aliphatic carbocycles. The van der Waals surface area contributed by atoms with Crippen molar-refractivity contribution >= 4 is 28.5 Å². The van der Waals surface area contributed by atoms with Crippen molar-refractivity contribution in [2.24, 2.45) is 0 Å². The molecule has 2 amide bonds. The molecule has 4 N–H and O–H groups in total. The summed E-state index contributed by atoms with van der Waals surface area (Å²) in [5.41, 5.74) is 11.6. The van der Waals surface area contributed by atoms with Crippen LogP contribution in [-0.4, -0.2) is 44.6 Å². The third-order valence-electron chi connectivity index (χ3n) is 7.21. The van der Waals surface area contributed by atoms with Crippen molar-refractivity contribution in [3.05, 3.63) is 81.3 Å². The average Bonchev–Trinajstić information content (AvgIpc) is 3.58. The van der Waals surface area contributed by atoms with Gasteiger partial charge >= 0.3 is 0 Å². The molecule has 39 heavy (non-hydrogen) atoms. The van der Waals surface area contributed by atoms with E-state index < -0.39 is 0 Å². The highest BCUT2D eigenvalue weighted by molar-refractivity contribution is 6.02. The smallest absolute Gasteiger partial charge is 0.298 e. The number of nitrogens with two attached hydrogens (primary N) is 1. The molecule has 1 aliphatic rings. The minimum atomic E-state index is -0.339. The van der Waals surface area contributed by atoms with Gasteiger partial charge in [0.25, 0.3) is 17.4 Å². The Labute approximate surface area is 226 Å². The molecule has 0 saturated carbocycles. The number of H-pyrrole nitrogens is 1. The number of carbonyl (C=O) groups is 2. The van der Waals surface area contributed by atoms with Crippen LogP contribution < -0.4 is 16.6 Å². The lowest BCUT2D eigenvalue weighted by Crippen LogP contribution is -2.28. The number of aromatic nitrogens is 3. The van der Waals surface area contributed by atoms with E-state index in [1.807, 2.05) is 67.1 Å². The van der Waals surface area contributed by atoms with Crippen LogP contribution in [0.25, 0.3) is 22.0 Å². The van der Waals surface area contributed by atoms with E-state index in [1.165, 1.54) is 0 Å². The van der Waals surface area contributed by atoms with Gasteiger partial charge in [0, 0.05) is 37.0 Å². The van der Waals surface area contributed by atoms with E-state index in [0.717, 1.165) is 27.8 Å². The number of hydrogen-bond acceptors (Lipinski definition) is 5.